The second-order valence-corrected chi connectivity index (χ2v) is 4.67. The number of carbonyl (C=O) groups is 2. The normalized spacial score (nSPS) is 11.6. The first-order valence-corrected chi connectivity index (χ1v) is 7.00. The molecule has 2 amide bonds. The molecule has 0 aromatic heterocycles. The van der Waals surface area contributed by atoms with Crippen molar-refractivity contribution in [2.75, 3.05) is 18.5 Å². The SMILES string of the molecule is CCOc1cccc(NC(=O)N(CC(=O)O)C(C)CC)c1. The maximum atomic E-state index is 12.2. The van der Waals surface area contributed by atoms with E-state index in [9.17, 15) is 9.59 Å². The molecule has 0 aliphatic carbocycles. The molecular formula is C15H22N2O4. The maximum Gasteiger partial charge on any atom is 0.323 e. The van der Waals surface area contributed by atoms with E-state index in [1.807, 2.05) is 20.8 Å². The molecule has 1 atom stereocenters. The van der Waals surface area contributed by atoms with Crippen LogP contribution in [0, 0.1) is 0 Å². The number of hydrogen-bond acceptors (Lipinski definition) is 3. The van der Waals surface area contributed by atoms with E-state index in [1.165, 1.54) is 4.90 Å². The van der Waals surface area contributed by atoms with E-state index in [0.717, 1.165) is 0 Å². The highest BCUT2D eigenvalue weighted by Crippen LogP contribution is 2.18. The number of hydrogen-bond donors (Lipinski definition) is 2. The molecule has 2 N–H and O–H groups in total. The van der Waals surface area contributed by atoms with Crippen molar-refractivity contribution in [2.45, 2.75) is 33.2 Å². The number of amides is 2. The Kier molecular flexibility index (Phi) is 6.52. The summed E-state index contributed by atoms with van der Waals surface area (Å²) in [7, 11) is 0. The average molecular weight is 294 g/mol. The van der Waals surface area contributed by atoms with Gasteiger partial charge in [0, 0.05) is 17.8 Å². The molecule has 0 fully saturated rings. The van der Waals surface area contributed by atoms with Crippen LogP contribution in [0.3, 0.4) is 0 Å². The van der Waals surface area contributed by atoms with Crippen LogP contribution < -0.4 is 10.1 Å². The highest BCUT2D eigenvalue weighted by atomic mass is 16.5. The third-order valence-electron chi connectivity index (χ3n) is 3.09. The number of carboxylic acids is 1. The van der Waals surface area contributed by atoms with Crippen molar-refractivity contribution in [3.05, 3.63) is 24.3 Å². The number of benzene rings is 1. The Labute approximate surface area is 124 Å². The van der Waals surface area contributed by atoms with Gasteiger partial charge in [-0.05, 0) is 32.4 Å². The third kappa shape index (κ3) is 5.33. The first-order chi connectivity index (χ1) is 9.97. The fourth-order valence-corrected chi connectivity index (χ4v) is 1.82. The van der Waals surface area contributed by atoms with E-state index in [1.54, 1.807) is 24.3 Å². The molecule has 1 aromatic rings. The van der Waals surface area contributed by atoms with Gasteiger partial charge >= 0.3 is 12.0 Å². The Hall–Kier alpha value is -2.24. The summed E-state index contributed by atoms with van der Waals surface area (Å²) < 4.78 is 5.36. The molecule has 0 radical (unpaired) electrons. The van der Waals surface area contributed by atoms with Crippen molar-refractivity contribution in [3.63, 3.8) is 0 Å². The van der Waals surface area contributed by atoms with E-state index < -0.39 is 12.0 Å². The second kappa shape index (κ2) is 8.14. The summed E-state index contributed by atoms with van der Waals surface area (Å²) >= 11 is 0. The van der Waals surface area contributed by atoms with Crippen molar-refractivity contribution in [2.24, 2.45) is 0 Å². The molecule has 6 heteroatoms. The summed E-state index contributed by atoms with van der Waals surface area (Å²) in [5.41, 5.74) is 0.574. The molecule has 1 unspecified atom stereocenters. The van der Waals surface area contributed by atoms with Crippen molar-refractivity contribution in [3.8, 4) is 5.75 Å². The predicted octanol–water partition coefficient (Wildman–Crippen LogP) is 2.80. The van der Waals surface area contributed by atoms with Gasteiger partial charge in [-0.3, -0.25) is 4.79 Å². The molecule has 0 aliphatic heterocycles. The van der Waals surface area contributed by atoms with Gasteiger partial charge in [0.05, 0.1) is 6.61 Å². The van der Waals surface area contributed by atoms with Crippen LogP contribution in [0.5, 0.6) is 5.75 Å². The van der Waals surface area contributed by atoms with E-state index >= 15 is 0 Å². The molecule has 0 bridgehead atoms. The van der Waals surface area contributed by atoms with E-state index in [2.05, 4.69) is 5.32 Å². The molecule has 6 nitrogen and oxygen atoms in total. The van der Waals surface area contributed by atoms with Crippen LogP contribution in [0.15, 0.2) is 24.3 Å². The molecular weight excluding hydrogens is 272 g/mol. The van der Waals surface area contributed by atoms with Gasteiger partial charge in [-0.15, -0.1) is 0 Å². The molecule has 116 valence electrons. The third-order valence-corrected chi connectivity index (χ3v) is 3.09. The maximum absolute atomic E-state index is 12.2. The summed E-state index contributed by atoms with van der Waals surface area (Å²) in [6, 6.07) is 6.41. The monoisotopic (exact) mass is 294 g/mol. The lowest BCUT2D eigenvalue weighted by molar-refractivity contribution is -0.138. The summed E-state index contributed by atoms with van der Waals surface area (Å²) in [6.45, 7) is 5.81. The second-order valence-electron chi connectivity index (χ2n) is 4.67. The number of nitrogens with one attached hydrogen (secondary N) is 1. The Bertz CT molecular complexity index is 490. The van der Waals surface area contributed by atoms with Gasteiger partial charge in [0.15, 0.2) is 0 Å². The van der Waals surface area contributed by atoms with Crippen molar-refractivity contribution < 1.29 is 19.4 Å². The topological polar surface area (TPSA) is 78.9 Å². The Morgan fingerprint density at radius 3 is 2.67 bits per heavy atom. The Morgan fingerprint density at radius 2 is 2.10 bits per heavy atom. The summed E-state index contributed by atoms with van der Waals surface area (Å²) in [4.78, 5) is 24.4. The fraction of sp³-hybridized carbons (Fsp3) is 0.467. The lowest BCUT2D eigenvalue weighted by atomic mass is 10.2. The summed E-state index contributed by atoms with van der Waals surface area (Å²) in [5, 5.41) is 11.6. The quantitative estimate of drug-likeness (QED) is 0.810. The predicted molar refractivity (Wildman–Crippen MR) is 80.7 cm³/mol. The number of aliphatic carboxylic acids is 1. The van der Waals surface area contributed by atoms with E-state index in [4.69, 9.17) is 9.84 Å². The van der Waals surface area contributed by atoms with Crippen molar-refractivity contribution in [1.29, 1.82) is 0 Å². The smallest absolute Gasteiger partial charge is 0.323 e. The van der Waals surface area contributed by atoms with Crippen LogP contribution in [0.2, 0.25) is 0 Å². The number of carboxylic acid groups (broad SMARTS) is 1. The van der Waals surface area contributed by atoms with Crippen LogP contribution in [0.4, 0.5) is 10.5 Å². The van der Waals surface area contributed by atoms with Gasteiger partial charge < -0.3 is 20.1 Å². The molecule has 0 spiro atoms. The molecule has 0 heterocycles. The lowest BCUT2D eigenvalue weighted by Crippen LogP contribution is -2.44. The van der Waals surface area contributed by atoms with Gasteiger partial charge in [0.1, 0.15) is 12.3 Å². The minimum atomic E-state index is -1.03. The van der Waals surface area contributed by atoms with Gasteiger partial charge in [0.2, 0.25) is 0 Å². The zero-order valence-electron chi connectivity index (χ0n) is 12.6. The fourth-order valence-electron chi connectivity index (χ4n) is 1.82. The number of anilines is 1. The first-order valence-electron chi connectivity index (χ1n) is 7.00. The van der Waals surface area contributed by atoms with E-state index in [-0.39, 0.29) is 12.6 Å². The highest BCUT2D eigenvalue weighted by molar-refractivity contribution is 5.91. The van der Waals surface area contributed by atoms with Crippen LogP contribution in [0.1, 0.15) is 27.2 Å². The molecule has 21 heavy (non-hydrogen) atoms. The largest absolute Gasteiger partial charge is 0.494 e. The average Bonchev–Trinajstić information content (AvgIpc) is 2.44. The summed E-state index contributed by atoms with van der Waals surface area (Å²) in [5.74, 6) is -0.378. The minimum Gasteiger partial charge on any atom is -0.494 e. The van der Waals surface area contributed by atoms with Crippen LogP contribution >= 0.6 is 0 Å². The lowest BCUT2D eigenvalue weighted by Gasteiger charge is -2.27. The number of rotatable bonds is 7. The number of nitrogens with zero attached hydrogens (tertiary/aromatic N) is 1. The summed E-state index contributed by atoms with van der Waals surface area (Å²) in [6.07, 6.45) is 0.680. The minimum absolute atomic E-state index is 0.156. The van der Waals surface area contributed by atoms with Gasteiger partial charge in [0.25, 0.3) is 0 Å². The standard InChI is InChI=1S/C15H22N2O4/c1-4-11(3)17(10-14(18)19)15(20)16-12-7-6-8-13(9-12)21-5-2/h6-9,11H,4-5,10H2,1-3H3,(H,16,20)(H,18,19). The van der Waals surface area contributed by atoms with Crippen LogP contribution in [-0.4, -0.2) is 41.2 Å². The zero-order chi connectivity index (χ0) is 15.8. The number of urea groups is 1. The number of carbonyl (C=O) groups excluding carboxylic acids is 1. The molecule has 1 aromatic carbocycles. The Morgan fingerprint density at radius 1 is 1.38 bits per heavy atom. The van der Waals surface area contributed by atoms with E-state index in [0.29, 0.717) is 24.5 Å². The van der Waals surface area contributed by atoms with Gasteiger partial charge in [-0.2, -0.15) is 0 Å². The molecule has 0 saturated carbocycles. The van der Waals surface area contributed by atoms with Crippen LogP contribution in [0.25, 0.3) is 0 Å². The molecule has 0 aliphatic rings. The number of ether oxygens (including phenoxy) is 1. The van der Waals surface area contributed by atoms with Gasteiger partial charge in [-0.25, -0.2) is 4.79 Å². The highest BCUT2D eigenvalue weighted by Gasteiger charge is 2.21. The van der Waals surface area contributed by atoms with Gasteiger partial charge in [-0.1, -0.05) is 13.0 Å². The van der Waals surface area contributed by atoms with Crippen LogP contribution in [-0.2, 0) is 4.79 Å². The van der Waals surface area contributed by atoms with Crippen molar-refractivity contribution in [1.82, 2.24) is 4.90 Å². The Balaban J connectivity index is 2.80. The zero-order valence-corrected chi connectivity index (χ0v) is 12.6. The molecule has 1 rings (SSSR count). The van der Waals surface area contributed by atoms with Crippen molar-refractivity contribution >= 4 is 17.7 Å². The molecule has 0 saturated heterocycles. The first kappa shape index (κ1) is 16.8.